The second-order valence-electron chi connectivity index (χ2n) is 3.58. The van der Waals surface area contributed by atoms with Crippen LogP contribution in [0.2, 0.25) is 0 Å². The normalized spacial score (nSPS) is 17.3. The molecule has 82 valence electrons. The minimum atomic E-state index is -0.389. The summed E-state index contributed by atoms with van der Waals surface area (Å²) in [6.07, 6.45) is 3.34. The molecule has 2 aromatic rings. The number of nitrogens with zero attached hydrogens (tertiary/aromatic N) is 2. The quantitative estimate of drug-likeness (QED) is 0.707. The molecule has 0 amide bonds. The summed E-state index contributed by atoms with van der Waals surface area (Å²) >= 11 is 0. The van der Waals surface area contributed by atoms with Gasteiger partial charge in [0, 0.05) is 17.6 Å². The molecular formula is C15H12N2. The molecule has 0 N–H and O–H groups in total. The maximum Gasteiger partial charge on any atom is 0.0749 e. The first-order chi connectivity index (χ1) is 10.5. The van der Waals surface area contributed by atoms with Gasteiger partial charge in [0.25, 0.3) is 0 Å². The number of benzene rings is 2. The molecule has 0 spiro atoms. The van der Waals surface area contributed by atoms with Crippen molar-refractivity contribution >= 4 is 12.4 Å². The molecule has 0 aliphatic carbocycles. The Morgan fingerprint density at radius 2 is 1.94 bits per heavy atom. The van der Waals surface area contributed by atoms with E-state index in [2.05, 4.69) is 9.98 Å². The molecule has 1 heterocycles. The van der Waals surface area contributed by atoms with Gasteiger partial charge in [0.05, 0.1) is 18.8 Å². The highest BCUT2D eigenvalue weighted by atomic mass is 14.8. The van der Waals surface area contributed by atoms with Crippen LogP contribution in [0.25, 0.3) is 17.3 Å². The number of fused-ring (bicyclic) bond motifs is 1. The highest BCUT2D eigenvalue weighted by molar-refractivity contribution is 5.66. The summed E-state index contributed by atoms with van der Waals surface area (Å²) in [6, 6.07) is 3.76. The average molecular weight is 225 g/mol. The molecule has 0 aromatic heterocycles. The van der Waals surface area contributed by atoms with Crippen LogP contribution in [0.15, 0.2) is 58.4 Å². The molecule has 2 heteroatoms. The number of rotatable bonds is 1. The van der Waals surface area contributed by atoms with Crippen LogP contribution in [0, 0.1) is 0 Å². The molecule has 0 radical (unpaired) electrons. The molecule has 2 aromatic carbocycles. The molecule has 0 fully saturated rings. The van der Waals surface area contributed by atoms with Crippen molar-refractivity contribution in [2.45, 2.75) is 0 Å². The van der Waals surface area contributed by atoms with Gasteiger partial charge in [0.15, 0.2) is 0 Å². The Hall–Kier alpha value is -2.22. The third-order valence-electron chi connectivity index (χ3n) is 2.48. The standard InChI is InChI=1S/C15H12N2/c1-2-4-12(5-3-1)13-6-7-15-14(10-13)11-16-8-9-17-15/h1-8,10-11H,9H2/i1D,2D,3D,4D,5D. The third-order valence-corrected chi connectivity index (χ3v) is 2.48. The first-order valence-electron chi connectivity index (χ1n) is 7.74. The van der Waals surface area contributed by atoms with Gasteiger partial charge in [-0.1, -0.05) is 36.3 Å². The van der Waals surface area contributed by atoms with E-state index >= 15 is 0 Å². The van der Waals surface area contributed by atoms with E-state index in [1.807, 2.05) is 0 Å². The van der Waals surface area contributed by atoms with Gasteiger partial charge >= 0.3 is 0 Å². The zero-order valence-electron chi connectivity index (χ0n) is 14.0. The monoisotopic (exact) mass is 225 g/mol. The Morgan fingerprint density at radius 3 is 2.82 bits per heavy atom. The van der Waals surface area contributed by atoms with Gasteiger partial charge in [-0.25, -0.2) is 0 Å². The lowest BCUT2D eigenvalue weighted by Gasteiger charge is -2.00. The Morgan fingerprint density at radius 1 is 1.06 bits per heavy atom. The van der Waals surface area contributed by atoms with Crippen molar-refractivity contribution in [2.75, 3.05) is 6.54 Å². The van der Waals surface area contributed by atoms with Crippen molar-refractivity contribution in [1.82, 2.24) is 0 Å². The summed E-state index contributed by atoms with van der Waals surface area (Å²) < 4.78 is 39.2. The fourth-order valence-corrected chi connectivity index (χ4v) is 1.67. The van der Waals surface area contributed by atoms with Gasteiger partial charge in [-0.3, -0.25) is 9.98 Å². The molecule has 1 aliphatic heterocycles. The molecule has 17 heavy (non-hydrogen) atoms. The fourth-order valence-electron chi connectivity index (χ4n) is 1.67. The summed E-state index contributed by atoms with van der Waals surface area (Å²) in [7, 11) is 0. The number of aliphatic imine (C=N–C) groups is 1. The predicted molar refractivity (Wildman–Crippen MR) is 70.5 cm³/mol. The summed E-state index contributed by atoms with van der Waals surface area (Å²) in [4.78, 5) is 8.44. The molecule has 0 saturated carbocycles. The lowest BCUT2D eigenvalue weighted by Crippen LogP contribution is -2.24. The van der Waals surface area contributed by atoms with E-state index in [1.165, 1.54) is 0 Å². The summed E-state index contributed by atoms with van der Waals surface area (Å²) in [5, 5.41) is 1.53. The molecule has 1 aliphatic rings. The molecule has 3 rings (SSSR count). The van der Waals surface area contributed by atoms with Gasteiger partial charge < -0.3 is 0 Å². The minimum Gasteiger partial charge on any atom is -0.279 e. The maximum absolute atomic E-state index is 8.02. The van der Waals surface area contributed by atoms with Gasteiger partial charge in [0.2, 0.25) is 0 Å². The van der Waals surface area contributed by atoms with Crippen LogP contribution in [0.4, 0.5) is 0 Å². The van der Waals surface area contributed by atoms with E-state index in [1.54, 1.807) is 30.6 Å². The van der Waals surface area contributed by atoms with Crippen LogP contribution in [-0.2, 0) is 0 Å². The summed E-state index contributed by atoms with van der Waals surface area (Å²) in [5.41, 5.74) is 0.745. The molecular weight excluding hydrogens is 208 g/mol. The van der Waals surface area contributed by atoms with Crippen molar-refractivity contribution in [1.29, 1.82) is 0 Å². The van der Waals surface area contributed by atoms with Gasteiger partial charge in [-0.05, 0) is 23.3 Å². The SMILES string of the molecule is [2H]c1c([2H])c([2H])c(-c2ccc3c(c2)=CN=CCN=3)c([2H])c1[2H]. The minimum absolute atomic E-state index is 0.190. The lowest BCUT2D eigenvalue weighted by molar-refractivity contribution is 1.19. The van der Waals surface area contributed by atoms with Crippen molar-refractivity contribution in [3.8, 4) is 11.1 Å². The van der Waals surface area contributed by atoms with E-state index in [9.17, 15) is 0 Å². The second-order valence-corrected chi connectivity index (χ2v) is 3.58. The van der Waals surface area contributed by atoms with Crippen molar-refractivity contribution in [3.05, 3.63) is 59.0 Å². The first-order valence-corrected chi connectivity index (χ1v) is 5.24. The average Bonchev–Trinajstić information content (AvgIpc) is 2.76. The van der Waals surface area contributed by atoms with E-state index < -0.39 is 0 Å². The van der Waals surface area contributed by atoms with Crippen LogP contribution in [0.1, 0.15) is 6.85 Å². The zero-order valence-corrected chi connectivity index (χ0v) is 8.99. The third kappa shape index (κ3) is 2.02. The molecule has 0 unspecified atom stereocenters. The van der Waals surface area contributed by atoms with Crippen molar-refractivity contribution in [2.24, 2.45) is 9.98 Å². The number of hydrogen-bond acceptors (Lipinski definition) is 2. The Balaban J connectivity index is 2.33. The van der Waals surface area contributed by atoms with Crippen LogP contribution >= 0.6 is 0 Å². The molecule has 0 saturated heterocycles. The van der Waals surface area contributed by atoms with E-state index in [4.69, 9.17) is 6.85 Å². The van der Waals surface area contributed by atoms with Crippen LogP contribution in [-0.4, -0.2) is 12.8 Å². The van der Waals surface area contributed by atoms with Gasteiger partial charge in [-0.15, -0.1) is 0 Å². The first kappa shape index (κ1) is 5.92. The van der Waals surface area contributed by atoms with E-state index in [-0.39, 0.29) is 35.8 Å². The van der Waals surface area contributed by atoms with Crippen molar-refractivity contribution < 1.29 is 6.85 Å². The Kier molecular flexibility index (Phi) is 1.51. The maximum atomic E-state index is 8.02. The topological polar surface area (TPSA) is 24.7 Å². The smallest absolute Gasteiger partial charge is 0.0749 e. The molecule has 2 nitrogen and oxygen atoms in total. The highest BCUT2D eigenvalue weighted by Crippen LogP contribution is 2.15. The summed E-state index contributed by atoms with van der Waals surface area (Å²) in [6.45, 7) is 0.498. The van der Waals surface area contributed by atoms with Gasteiger partial charge in [0.1, 0.15) is 0 Å². The fraction of sp³-hybridized carbons (Fsp3) is 0.0667. The Labute approximate surface area is 107 Å². The largest absolute Gasteiger partial charge is 0.279 e. The van der Waals surface area contributed by atoms with E-state index in [0.717, 1.165) is 10.6 Å². The van der Waals surface area contributed by atoms with Crippen molar-refractivity contribution in [3.63, 3.8) is 0 Å². The zero-order chi connectivity index (χ0) is 15.9. The number of hydrogen-bond donors (Lipinski definition) is 0. The van der Waals surface area contributed by atoms with Crippen LogP contribution in [0.5, 0.6) is 0 Å². The van der Waals surface area contributed by atoms with Crippen LogP contribution in [0.3, 0.4) is 0 Å². The molecule has 0 atom stereocenters. The second kappa shape index (κ2) is 4.34. The van der Waals surface area contributed by atoms with E-state index in [0.29, 0.717) is 12.1 Å². The summed E-state index contributed by atoms with van der Waals surface area (Å²) in [5.74, 6) is 0. The van der Waals surface area contributed by atoms with Crippen LogP contribution < -0.4 is 10.6 Å². The Bertz CT molecular complexity index is 890. The highest BCUT2D eigenvalue weighted by Gasteiger charge is 1.97. The molecule has 0 bridgehead atoms. The predicted octanol–water partition coefficient (Wildman–Crippen LogP) is 1.80. The lowest BCUT2D eigenvalue weighted by atomic mass is 10.1. The van der Waals surface area contributed by atoms with Gasteiger partial charge in [-0.2, -0.15) is 0 Å².